The van der Waals surface area contributed by atoms with Crippen LogP contribution < -0.4 is 0 Å². The second kappa shape index (κ2) is 5.69. The van der Waals surface area contributed by atoms with Crippen molar-refractivity contribution in [2.45, 2.75) is 44.6 Å². The molecule has 1 aromatic heterocycles. The lowest BCUT2D eigenvalue weighted by Crippen LogP contribution is -2.54. The highest BCUT2D eigenvalue weighted by molar-refractivity contribution is 5.92. The van der Waals surface area contributed by atoms with Crippen LogP contribution in [0, 0.1) is 12.8 Å². The molecule has 5 heteroatoms. The summed E-state index contributed by atoms with van der Waals surface area (Å²) in [6, 6.07) is 1.89. The molecule has 1 aliphatic heterocycles. The van der Waals surface area contributed by atoms with Gasteiger partial charge < -0.3 is 9.80 Å². The number of piperidine rings is 1. The molecule has 1 saturated carbocycles. The fourth-order valence-electron chi connectivity index (χ4n) is 3.65. The molecule has 0 bridgehead atoms. The van der Waals surface area contributed by atoms with E-state index >= 15 is 0 Å². The van der Waals surface area contributed by atoms with Crippen molar-refractivity contribution >= 4 is 5.91 Å². The number of aromatic nitrogens is 2. The molecule has 0 radical (unpaired) electrons. The van der Waals surface area contributed by atoms with E-state index in [-0.39, 0.29) is 11.4 Å². The van der Waals surface area contributed by atoms with Gasteiger partial charge in [0.25, 0.3) is 5.91 Å². The van der Waals surface area contributed by atoms with Gasteiger partial charge in [0.05, 0.1) is 0 Å². The number of nitrogens with zero attached hydrogens (tertiary/aromatic N) is 4. The van der Waals surface area contributed by atoms with Gasteiger partial charge in [0, 0.05) is 31.4 Å². The van der Waals surface area contributed by atoms with E-state index < -0.39 is 0 Å². The summed E-state index contributed by atoms with van der Waals surface area (Å²) in [7, 11) is 6.28. The van der Waals surface area contributed by atoms with Crippen LogP contribution in [0.2, 0.25) is 0 Å². The molecule has 0 N–H and O–H groups in total. The summed E-state index contributed by atoms with van der Waals surface area (Å²) in [5.41, 5.74) is 1.90. The topological polar surface area (TPSA) is 41.4 Å². The lowest BCUT2D eigenvalue weighted by atomic mass is 9.81. The van der Waals surface area contributed by atoms with Crippen molar-refractivity contribution in [3.8, 4) is 0 Å². The zero-order valence-corrected chi connectivity index (χ0v) is 14.3. The molecule has 1 aliphatic carbocycles. The van der Waals surface area contributed by atoms with Gasteiger partial charge in [0.2, 0.25) is 0 Å². The molecule has 0 aromatic carbocycles. The first-order chi connectivity index (χ1) is 10.4. The number of carbonyl (C=O) groups is 1. The van der Waals surface area contributed by atoms with Crippen LogP contribution in [-0.2, 0) is 7.05 Å². The van der Waals surface area contributed by atoms with Crippen LogP contribution >= 0.6 is 0 Å². The van der Waals surface area contributed by atoms with E-state index in [0.717, 1.165) is 37.5 Å². The third kappa shape index (κ3) is 2.91. The molecule has 3 rings (SSSR count). The van der Waals surface area contributed by atoms with Gasteiger partial charge in [-0.2, -0.15) is 5.10 Å². The fraction of sp³-hybridized carbons (Fsp3) is 0.765. The number of likely N-dealkylation sites (tertiary alicyclic amines) is 1. The van der Waals surface area contributed by atoms with Gasteiger partial charge in [-0.3, -0.25) is 9.48 Å². The molecule has 0 unspecified atom stereocenters. The lowest BCUT2D eigenvalue weighted by Gasteiger charge is -2.46. The Morgan fingerprint density at radius 1 is 1.36 bits per heavy atom. The number of amides is 1. The Bertz CT molecular complexity index is 532. The van der Waals surface area contributed by atoms with E-state index in [0.29, 0.717) is 5.69 Å². The molecular formula is C17H28N4O. The van der Waals surface area contributed by atoms with Crippen LogP contribution in [0.3, 0.4) is 0 Å². The largest absolute Gasteiger partial charge is 0.337 e. The number of hydrogen-bond acceptors (Lipinski definition) is 3. The number of carbonyl (C=O) groups excluding carboxylic acids is 1. The number of rotatable bonds is 4. The minimum absolute atomic E-state index is 0.0856. The van der Waals surface area contributed by atoms with Crippen molar-refractivity contribution in [2.75, 3.05) is 27.2 Å². The summed E-state index contributed by atoms with van der Waals surface area (Å²) in [5, 5.41) is 4.33. The first-order valence-corrected chi connectivity index (χ1v) is 8.39. The van der Waals surface area contributed by atoms with Crippen molar-refractivity contribution in [3.05, 3.63) is 17.5 Å². The van der Waals surface area contributed by atoms with Crippen LogP contribution in [0.5, 0.6) is 0 Å². The minimum Gasteiger partial charge on any atom is -0.337 e. The predicted octanol–water partition coefficient (Wildman–Crippen LogP) is 2.07. The van der Waals surface area contributed by atoms with Gasteiger partial charge in [0.15, 0.2) is 5.69 Å². The Morgan fingerprint density at radius 2 is 2.00 bits per heavy atom. The highest BCUT2D eigenvalue weighted by atomic mass is 16.2. The second-order valence-electron chi connectivity index (χ2n) is 7.35. The molecule has 0 atom stereocenters. The molecule has 22 heavy (non-hydrogen) atoms. The highest BCUT2D eigenvalue weighted by Gasteiger charge is 2.42. The molecule has 2 heterocycles. The minimum atomic E-state index is 0.0856. The summed E-state index contributed by atoms with van der Waals surface area (Å²) < 4.78 is 1.77. The summed E-state index contributed by atoms with van der Waals surface area (Å²) >= 11 is 0. The molecule has 1 saturated heterocycles. The fourth-order valence-corrected chi connectivity index (χ4v) is 3.65. The Hall–Kier alpha value is -1.36. The average Bonchev–Trinajstić information content (AvgIpc) is 3.23. The lowest BCUT2D eigenvalue weighted by molar-refractivity contribution is 0.0359. The Labute approximate surface area is 133 Å². The van der Waals surface area contributed by atoms with Crippen molar-refractivity contribution in [1.82, 2.24) is 19.6 Å². The summed E-state index contributed by atoms with van der Waals surface area (Å²) in [6.07, 6.45) is 6.24. The summed E-state index contributed by atoms with van der Waals surface area (Å²) in [4.78, 5) is 17.0. The maximum atomic E-state index is 12.6. The SMILES string of the molecule is Cc1cc(C(=O)N2CCC(CC3CC3)(N(C)C)CC2)nn1C. The van der Waals surface area contributed by atoms with Gasteiger partial charge in [-0.05, 0) is 52.3 Å². The van der Waals surface area contributed by atoms with E-state index in [4.69, 9.17) is 0 Å². The van der Waals surface area contributed by atoms with Crippen LogP contribution in [0.4, 0.5) is 0 Å². The molecule has 2 aliphatic rings. The van der Waals surface area contributed by atoms with Crippen molar-refractivity contribution in [2.24, 2.45) is 13.0 Å². The van der Waals surface area contributed by atoms with Gasteiger partial charge in [-0.1, -0.05) is 12.8 Å². The molecule has 2 fully saturated rings. The maximum Gasteiger partial charge on any atom is 0.274 e. The zero-order valence-electron chi connectivity index (χ0n) is 14.3. The van der Waals surface area contributed by atoms with Crippen molar-refractivity contribution in [3.63, 3.8) is 0 Å². The quantitative estimate of drug-likeness (QED) is 0.855. The highest BCUT2D eigenvalue weighted by Crippen LogP contribution is 2.42. The first kappa shape index (κ1) is 15.5. The smallest absolute Gasteiger partial charge is 0.274 e. The van der Waals surface area contributed by atoms with Gasteiger partial charge >= 0.3 is 0 Å². The second-order valence-corrected chi connectivity index (χ2v) is 7.35. The van der Waals surface area contributed by atoms with E-state index in [9.17, 15) is 4.79 Å². The Morgan fingerprint density at radius 3 is 2.45 bits per heavy atom. The number of hydrogen-bond donors (Lipinski definition) is 0. The molecule has 5 nitrogen and oxygen atoms in total. The maximum absolute atomic E-state index is 12.6. The standard InChI is InChI=1S/C17H28N4O/c1-13-11-15(18-20(13)4)16(22)21-9-7-17(8-10-21,19(2)3)12-14-5-6-14/h11,14H,5-10,12H2,1-4H3. The van der Waals surface area contributed by atoms with Crippen LogP contribution in [-0.4, -0.2) is 58.2 Å². The van der Waals surface area contributed by atoms with E-state index in [1.165, 1.54) is 19.3 Å². The van der Waals surface area contributed by atoms with Gasteiger partial charge in [-0.15, -0.1) is 0 Å². The average molecular weight is 304 g/mol. The molecular weight excluding hydrogens is 276 g/mol. The third-order valence-electron chi connectivity index (χ3n) is 5.63. The summed E-state index contributed by atoms with van der Waals surface area (Å²) in [5.74, 6) is 1.01. The number of aryl methyl sites for hydroxylation is 2. The zero-order chi connectivity index (χ0) is 15.9. The molecule has 1 amide bonds. The Kier molecular flexibility index (Phi) is 4.02. The first-order valence-electron chi connectivity index (χ1n) is 8.39. The van der Waals surface area contributed by atoms with E-state index in [1.54, 1.807) is 4.68 Å². The molecule has 0 spiro atoms. The Balaban J connectivity index is 1.66. The van der Waals surface area contributed by atoms with Crippen molar-refractivity contribution in [1.29, 1.82) is 0 Å². The van der Waals surface area contributed by atoms with Gasteiger partial charge in [0.1, 0.15) is 0 Å². The van der Waals surface area contributed by atoms with Crippen molar-refractivity contribution < 1.29 is 4.79 Å². The predicted molar refractivity (Wildman–Crippen MR) is 86.8 cm³/mol. The third-order valence-corrected chi connectivity index (χ3v) is 5.63. The van der Waals surface area contributed by atoms with Crippen LogP contribution in [0.25, 0.3) is 0 Å². The van der Waals surface area contributed by atoms with Crippen LogP contribution in [0.1, 0.15) is 48.3 Å². The summed E-state index contributed by atoms with van der Waals surface area (Å²) in [6.45, 7) is 3.67. The van der Waals surface area contributed by atoms with Gasteiger partial charge in [-0.25, -0.2) is 0 Å². The van der Waals surface area contributed by atoms with E-state index in [1.807, 2.05) is 24.9 Å². The normalized spacial score (nSPS) is 21.4. The molecule has 122 valence electrons. The monoisotopic (exact) mass is 304 g/mol. The molecule has 1 aromatic rings. The van der Waals surface area contributed by atoms with Crippen LogP contribution in [0.15, 0.2) is 6.07 Å². The van der Waals surface area contributed by atoms with E-state index in [2.05, 4.69) is 24.1 Å².